The maximum atomic E-state index is 9.76. The van der Waals surface area contributed by atoms with E-state index in [9.17, 15) is 5.11 Å². The zero-order chi connectivity index (χ0) is 11.3. The SMILES string of the molecule is CCCN(CCC)C1CC(O)CCC1C. The van der Waals surface area contributed by atoms with Crippen molar-refractivity contribution in [3.8, 4) is 0 Å². The van der Waals surface area contributed by atoms with Gasteiger partial charge < -0.3 is 10.0 Å². The van der Waals surface area contributed by atoms with E-state index < -0.39 is 0 Å². The van der Waals surface area contributed by atoms with Crippen molar-refractivity contribution in [3.63, 3.8) is 0 Å². The molecule has 0 saturated heterocycles. The lowest BCUT2D eigenvalue weighted by Gasteiger charge is -2.40. The van der Waals surface area contributed by atoms with Crippen LogP contribution in [0.5, 0.6) is 0 Å². The number of rotatable bonds is 5. The maximum Gasteiger partial charge on any atom is 0.0555 e. The van der Waals surface area contributed by atoms with Crippen LogP contribution in [-0.2, 0) is 0 Å². The fourth-order valence-electron chi connectivity index (χ4n) is 2.80. The van der Waals surface area contributed by atoms with Crippen molar-refractivity contribution in [2.75, 3.05) is 13.1 Å². The molecule has 0 bridgehead atoms. The summed E-state index contributed by atoms with van der Waals surface area (Å²) in [5.74, 6) is 0.756. The van der Waals surface area contributed by atoms with Gasteiger partial charge in [-0.15, -0.1) is 0 Å². The van der Waals surface area contributed by atoms with Gasteiger partial charge >= 0.3 is 0 Å². The van der Waals surface area contributed by atoms with Crippen LogP contribution in [0.4, 0.5) is 0 Å². The molecule has 0 heterocycles. The number of hydrogen-bond donors (Lipinski definition) is 1. The Hall–Kier alpha value is -0.0800. The van der Waals surface area contributed by atoms with Crippen LogP contribution >= 0.6 is 0 Å². The molecule has 1 fully saturated rings. The topological polar surface area (TPSA) is 23.5 Å². The van der Waals surface area contributed by atoms with Gasteiger partial charge in [-0.25, -0.2) is 0 Å². The smallest absolute Gasteiger partial charge is 0.0555 e. The van der Waals surface area contributed by atoms with E-state index in [4.69, 9.17) is 0 Å². The Morgan fingerprint density at radius 1 is 1.13 bits per heavy atom. The molecule has 2 heteroatoms. The highest BCUT2D eigenvalue weighted by atomic mass is 16.3. The van der Waals surface area contributed by atoms with Crippen molar-refractivity contribution in [1.82, 2.24) is 4.90 Å². The van der Waals surface area contributed by atoms with Crippen molar-refractivity contribution in [2.24, 2.45) is 5.92 Å². The molecule has 1 aliphatic rings. The van der Waals surface area contributed by atoms with Gasteiger partial charge in [0.1, 0.15) is 0 Å². The van der Waals surface area contributed by atoms with Crippen molar-refractivity contribution in [3.05, 3.63) is 0 Å². The summed E-state index contributed by atoms with van der Waals surface area (Å²) in [5.41, 5.74) is 0. The molecule has 0 aromatic rings. The lowest BCUT2D eigenvalue weighted by molar-refractivity contribution is 0.0321. The van der Waals surface area contributed by atoms with E-state index in [0.29, 0.717) is 6.04 Å². The Morgan fingerprint density at radius 2 is 1.73 bits per heavy atom. The Labute approximate surface area is 94.7 Å². The molecule has 2 nitrogen and oxygen atoms in total. The Morgan fingerprint density at radius 3 is 2.27 bits per heavy atom. The highest BCUT2D eigenvalue weighted by molar-refractivity contribution is 4.84. The second-order valence-electron chi connectivity index (χ2n) is 5.05. The predicted octanol–water partition coefficient (Wildman–Crippen LogP) is 2.66. The second kappa shape index (κ2) is 6.49. The van der Waals surface area contributed by atoms with Gasteiger partial charge in [0.15, 0.2) is 0 Å². The van der Waals surface area contributed by atoms with Crippen LogP contribution in [0.3, 0.4) is 0 Å². The van der Waals surface area contributed by atoms with Crippen molar-refractivity contribution >= 4 is 0 Å². The van der Waals surface area contributed by atoms with Crippen LogP contribution in [0.1, 0.15) is 52.9 Å². The van der Waals surface area contributed by atoms with Crippen LogP contribution in [0, 0.1) is 5.92 Å². The molecule has 1 aliphatic carbocycles. The fraction of sp³-hybridized carbons (Fsp3) is 1.00. The molecule has 0 spiro atoms. The van der Waals surface area contributed by atoms with E-state index in [1.807, 2.05) is 0 Å². The monoisotopic (exact) mass is 213 g/mol. The summed E-state index contributed by atoms with van der Waals surface area (Å²) < 4.78 is 0. The zero-order valence-electron chi connectivity index (χ0n) is 10.6. The summed E-state index contributed by atoms with van der Waals surface area (Å²) in [6, 6.07) is 0.619. The molecule has 1 N–H and O–H groups in total. The molecule has 0 aromatic carbocycles. The molecule has 0 aromatic heterocycles. The first-order valence-electron chi connectivity index (χ1n) is 6.61. The number of aliphatic hydroxyl groups is 1. The summed E-state index contributed by atoms with van der Waals surface area (Å²) in [4.78, 5) is 2.59. The number of nitrogens with zero attached hydrogens (tertiary/aromatic N) is 1. The third-order valence-electron chi connectivity index (χ3n) is 3.62. The predicted molar refractivity (Wildman–Crippen MR) is 65.0 cm³/mol. The van der Waals surface area contributed by atoms with Crippen LogP contribution in [-0.4, -0.2) is 35.2 Å². The summed E-state index contributed by atoms with van der Waals surface area (Å²) in [7, 11) is 0. The van der Waals surface area contributed by atoms with E-state index >= 15 is 0 Å². The number of aliphatic hydroxyl groups excluding tert-OH is 1. The van der Waals surface area contributed by atoms with Gasteiger partial charge in [0.05, 0.1) is 6.10 Å². The molecule has 0 amide bonds. The summed E-state index contributed by atoms with van der Waals surface area (Å²) >= 11 is 0. The van der Waals surface area contributed by atoms with Gasteiger partial charge in [0.25, 0.3) is 0 Å². The molecule has 1 saturated carbocycles. The van der Waals surface area contributed by atoms with Crippen LogP contribution in [0.15, 0.2) is 0 Å². The highest BCUT2D eigenvalue weighted by Crippen LogP contribution is 2.28. The minimum Gasteiger partial charge on any atom is -0.393 e. The van der Waals surface area contributed by atoms with E-state index in [-0.39, 0.29) is 6.10 Å². The lowest BCUT2D eigenvalue weighted by atomic mass is 9.83. The summed E-state index contributed by atoms with van der Waals surface area (Å²) in [6.07, 6.45) is 5.57. The van der Waals surface area contributed by atoms with Gasteiger partial charge in [-0.1, -0.05) is 20.8 Å². The van der Waals surface area contributed by atoms with Crippen LogP contribution < -0.4 is 0 Å². The zero-order valence-corrected chi connectivity index (χ0v) is 10.6. The third-order valence-corrected chi connectivity index (χ3v) is 3.62. The van der Waals surface area contributed by atoms with E-state index in [1.54, 1.807) is 0 Å². The molecule has 90 valence electrons. The molecular weight excluding hydrogens is 186 g/mol. The molecule has 3 atom stereocenters. The largest absolute Gasteiger partial charge is 0.393 e. The standard InChI is InChI=1S/C13H27NO/c1-4-8-14(9-5-2)13-10-12(15)7-6-11(13)3/h11-13,15H,4-10H2,1-3H3. The first kappa shape index (κ1) is 13.0. The van der Waals surface area contributed by atoms with Gasteiger partial charge in [0, 0.05) is 6.04 Å². The Kier molecular flexibility index (Phi) is 5.62. The normalized spacial score (nSPS) is 32.2. The van der Waals surface area contributed by atoms with Crippen LogP contribution in [0.2, 0.25) is 0 Å². The van der Waals surface area contributed by atoms with Gasteiger partial charge in [0.2, 0.25) is 0 Å². The first-order valence-corrected chi connectivity index (χ1v) is 6.61. The van der Waals surface area contributed by atoms with Crippen molar-refractivity contribution in [2.45, 2.75) is 65.0 Å². The Bertz CT molecular complexity index is 166. The number of hydrogen-bond acceptors (Lipinski definition) is 2. The summed E-state index contributed by atoms with van der Waals surface area (Å²) in [6.45, 7) is 9.21. The fourth-order valence-corrected chi connectivity index (χ4v) is 2.80. The minimum absolute atomic E-state index is 0.0533. The van der Waals surface area contributed by atoms with Gasteiger partial charge in [-0.05, 0) is 51.1 Å². The molecular formula is C13H27NO. The van der Waals surface area contributed by atoms with E-state index in [2.05, 4.69) is 25.7 Å². The first-order chi connectivity index (χ1) is 7.19. The average Bonchev–Trinajstić information content (AvgIpc) is 2.21. The molecule has 15 heavy (non-hydrogen) atoms. The molecule has 3 unspecified atom stereocenters. The maximum absolute atomic E-state index is 9.76. The third kappa shape index (κ3) is 3.76. The molecule has 0 aliphatic heterocycles. The minimum atomic E-state index is -0.0533. The Balaban J connectivity index is 2.54. The van der Waals surface area contributed by atoms with E-state index in [0.717, 1.165) is 18.8 Å². The molecule has 0 radical (unpaired) electrons. The van der Waals surface area contributed by atoms with Crippen LogP contribution in [0.25, 0.3) is 0 Å². The lowest BCUT2D eigenvalue weighted by Crippen LogP contribution is -2.45. The van der Waals surface area contributed by atoms with Crippen molar-refractivity contribution in [1.29, 1.82) is 0 Å². The highest BCUT2D eigenvalue weighted by Gasteiger charge is 2.30. The van der Waals surface area contributed by atoms with Gasteiger partial charge in [-0.3, -0.25) is 0 Å². The van der Waals surface area contributed by atoms with Gasteiger partial charge in [-0.2, -0.15) is 0 Å². The second-order valence-corrected chi connectivity index (χ2v) is 5.05. The van der Waals surface area contributed by atoms with E-state index in [1.165, 1.54) is 32.4 Å². The average molecular weight is 213 g/mol. The quantitative estimate of drug-likeness (QED) is 0.759. The van der Waals surface area contributed by atoms with Crippen molar-refractivity contribution < 1.29 is 5.11 Å². The summed E-state index contributed by atoms with van der Waals surface area (Å²) in [5, 5.41) is 9.76. The molecule has 1 rings (SSSR count).